The Morgan fingerprint density at radius 3 is 2.44 bits per heavy atom. The van der Waals surface area contributed by atoms with Gasteiger partial charge >= 0.3 is 0 Å². The lowest BCUT2D eigenvalue weighted by Gasteiger charge is -2.19. The van der Waals surface area contributed by atoms with Gasteiger partial charge in [-0.05, 0) is 48.0 Å². The molecule has 0 atom stereocenters. The van der Waals surface area contributed by atoms with E-state index in [4.69, 9.17) is 4.74 Å². The molecule has 0 spiro atoms. The van der Waals surface area contributed by atoms with Crippen molar-refractivity contribution in [3.8, 4) is 11.5 Å². The number of phenolic OH excluding ortho intramolecular Hbond substituents is 1. The smallest absolute Gasteiger partial charge is 0.282 e. The predicted molar refractivity (Wildman–Crippen MR) is 124 cm³/mol. The first-order valence-corrected chi connectivity index (χ1v) is 9.91. The zero-order chi connectivity index (χ0) is 22.7. The van der Waals surface area contributed by atoms with E-state index in [1.165, 1.54) is 25.0 Å². The van der Waals surface area contributed by atoms with Gasteiger partial charge in [-0.1, -0.05) is 36.4 Å². The van der Waals surface area contributed by atoms with Crippen molar-refractivity contribution in [2.24, 2.45) is 4.99 Å². The molecule has 3 aromatic carbocycles. The molecule has 0 bridgehead atoms. The van der Waals surface area contributed by atoms with Crippen molar-refractivity contribution in [2.75, 3.05) is 17.3 Å². The van der Waals surface area contributed by atoms with Gasteiger partial charge in [-0.3, -0.25) is 14.5 Å². The second-order valence-corrected chi connectivity index (χ2v) is 7.13. The third-order valence-corrected chi connectivity index (χ3v) is 4.85. The molecule has 0 aromatic heterocycles. The van der Waals surface area contributed by atoms with E-state index in [0.29, 0.717) is 28.5 Å². The average molecular weight is 427 g/mol. The lowest BCUT2D eigenvalue weighted by atomic mass is 10.1. The first-order valence-electron chi connectivity index (χ1n) is 9.91. The van der Waals surface area contributed by atoms with Crippen molar-refractivity contribution in [3.63, 3.8) is 0 Å². The fraction of sp³-hybridized carbons (Fsp3) is 0.0800. The number of amides is 2. The molecule has 1 aliphatic rings. The van der Waals surface area contributed by atoms with Gasteiger partial charge in [0.15, 0.2) is 11.5 Å². The SMILES string of the molecule is COc1cc(C=C2N=C(c3ccccc3)N(c3ccc(NC(C)=O)cc3)C2=O)ccc1O. The highest BCUT2D eigenvalue weighted by Gasteiger charge is 2.32. The number of carbonyl (C=O) groups is 2. The molecule has 0 fully saturated rings. The van der Waals surface area contributed by atoms with Gasteiger partial charge in [-0.2, -0.15) is 0 Å². The number of nitrogens with zero attached hydrogens (tertiary/aromatic N) is 2. The average Bonchev–Trinajstić information content (AvgIpc) is 3.12. The molecule has 0 saturated carbocycles. The number of carbonyl (C=O) groups excluding carboxylic acids is 2. The van der Waals surface area contributed by atoms with Crippen molar-refractivity contribution in [3.05, 3.63) is 89.6 Å². The Hall–Kier alpha value is -4.39. The summed E-state index contributed by atoms with van der Waals surface area (Å²) in [5.41, 5.74) is 2.97. The molecule has 0 radical (unpaired) electrons. The molecule has 2 N–H and O–H groups in total. The topological polar surface area (TPSA) is 91.2 Å². The number of rotatable bonds is 5. The van der Waals surface area contributed by atoms with E-state index >= 15 is 0 Å². The number of hydrogen-bond donors (Lipinski definition) is 2. The third kappa shape index (κ3) is 4.22. The Kier molecular flexibility index (Phi) is 5.72. The first kappa shape index (κ1) is 20.9. The molecule has 160 valence electrons. The van der Waals surface area contributed by atoms with E-state index in [0.717, 1.165) is 5.56 Å². The molecule has 3 aromatic rings. The van der Waals surface area contributed by atoms with E-state index in [1.54, 1.807) is 42.5 Å². The van der Waals surface area contributed by atoms with E-state index < -0.39 is 0 Å². The van der Waals surface area contributed by atoms with Crippen LogP contribution in [-0.4, -0.2) is 29.9 Å². The summed E-state index contributed by atoms with van der Waals surface area (Å²) in [6.45, 7) is 1.44. The van der Waals surface area contributed by atoms with E-state index in [9.17, 15) is 14.7 Å². The largest absolute Gasteiger partial charge is 0.504 e. The molecule has 4 rings (SSSR count). The molecule has 0 unspecified atom stereocenters. The van der Waals surface area contributed by atoms with E-state index in [-0.39, 0.29) is 23.3 Å². The Balaban J connectivity index is 1.75. The monoisotopic (exact) mass is 427 g/mol. The molecular formula is C25H21N3O4. The number of nitrogens with one attached hydrogen (secondary N) is 1. The van der Waals surface area contributed by atoms with E-state index in [2.05, 4.69) is 10.3 Å². The Morgan fingerprint density at radius 1 is 1.06 bits per heavy atom. The fourth-order valence-corrected chi connectivity index (χ4v) is 3.38. The minimum atomic E-state index is -0.289. The van der Waals surface area contributed by atoms with Gasteiger partial charge in [0.2, 0.25) is 5.91 Å². The third-order valence-electron chi connectivity index (χ3n) is 4.85. The number of hydrogen-bond acceptors (Lipinski definition) is 5. The van der Waals surface area contributed by atoms with Crippen molar-refractivity contribution < 1.29 is 19.4 Å². The summed E-state index contributed by atoms with van der Waals surface area (Å²) in [5, 5.41) is 12.5. The Labute approximate surface area is 185 Å². The van der Waals surface area contributed by atoms with Crippen molar-refractivity contribution >= 4 is 35.1 Å². The first-order chi connectivity index (χ1) is 15.5. The summed E-state index contributed by atoms with van der Waals surface area (Å²) < 4.78 is 5.16. The van der Waals surface area contributed by atoms with Crippen LogP contribution < -0.4 is 15.0 Å². The Morgan fingerprint density at radius 2 is 1.78 bits per heavy atom. The highest BCUT2D eigenvalue weighted by molar-refractivity contribution is 6.33. The minimum absolute atomic E-state index is 0.0155. The van der Waals surface area contributed by atoms with Crippen molar-refractivity contribution in [1.29, 1.82) is 0 Å². The normalized spacial score (nSPS) is 14.4. The van der Waals surface area contributed by atoms with Crippen LogP contribution in [0.4, 0.5) is 11.4 Å². The van der Waals surface area contributed by atoms with Crippen LogP contribution in [0.5, 0.6) is 11.5 Å². The molecule has 1 aliphatic heterocycles. The molecule has 0 saturated heterocycles. The summed E-state index contributed by atoms with van der Waals surface area (Å²) >= 11 is 0. The molecule has 7 nitrogen and oxygen atoms in total. The molecule has 2 amide bonds. The standard InChI is InChI=1S/C25H21N3O4/c1-16(29)26-19-9-11-20(12-10-19)28-24(18-6-4-3-5-7-18)27-21(25(28)31)14-17-8-13-22(30)23(15-17)32-2/h3-15,30H,1-2H3,(H,26,29). The number of methoxy groups -OCH3 is 1. The maximum Gasteiger partial charge on any atom is 0.282 e. The maximum absolute atomic E-state index is 13.4. The number of aromatic hydroxyl groups is 1. The quantitative estimate of drug-likeness (QED) is 0.597. The lowest BCUT2D eigenvalue weighted by Crippen LogP contribution is -2.32. The van der Waals surface area contributed by atoms with Crippen LogP contribution in [0.2, 0.25) is 0 Å². The van der Waals surface area contributed by atoms with Crippen molar-refractivity contribution in [1.82, 2.24) is 0 Å². The van der Waals surface area contributed by atoms with Crippen LogP contribution in [0.15, 0.2) is 83.5 Å². The van der Waals surface area contributed by atoms with Crippen LogP contribution in [0.25, 0.3) is 6.08 Å². The zero-order valence-corrected chi connectivity index (χ0v) is 17.6. The van der Waals surface area contributed by atoms with Gasteiger partial charge in [-0.15, -0.1) is 0 Å². The van der Waals surface area contributed by atoms with Crippen LogP contribution in [0.3, 0.4) is 0 Å². The van der Waals surface area contributed by atoms with Gasteiger partial charge in [0.1, 0.15) is 11.5 Å². The molecule has 32 heavy (non-hydrogen) atoms. The molecular weight excluding hydrogens is 406 g/mol. The van der Waals surface area contributed by atoms with Crippen LogP contribution in [-0.2, 0) is 9.59 Å². The second-order valence-electron chi connectivity index (χ2n) is 7.13. The van der Waals surface area contributed by atoms with Crippen LogP contribution in [0.1, 0.15) is 18.1 Å². The second kappa shape index (κ2) is 8.77. The summed E-state index contributed by atoms with van der Waals surface area (Å²) in [7, 11) is 1.46. The van der Waals surface area contributed by atoms with Gasteiger partial charge < -0.3 is 15.2 Å². The number of amidine groups is 1. The summed E-state index contributed by atoms with van der Waals surface area (Å²) in [6.07, 6.45) is 1.65. The van der Waals surface area contributed by atoms with Gasteiger partial charge in [0, 0.05) is 18.2 Å². The number of aliphatic imine (C=N–C) groups is 1. The Bertz CT molecular complexity index is 1230. The summed E-state index contributed by atoms with van der Waals surface area (Å²) in [4.78, 5) is 30.8. The van der Waals surface area contributed by atoms with Crippen LogP contribution >= 0.6 is 0 Å². The highest BCUT2D eigenvalue weighted by Crippen LogP contribution is 2.31. The van der Waals surface area contributed by atoms with Gasteiger partial charge in [0.25, 0.3) is 5.91 Å². The minimum Gasteiger partial charge on any atom is -0.504 e. The summed E-state index contributed by atoms with van der Waals surface area (Å²) in [5.74, 6) is 0.364. The van der Waals surface area contributed by atoms with Gasteiger partial charge in [0.05, 0.1) is 12.8 Å². The predicted octanol–water partition coefficient (Wildman–Crippen LogP) is 4.19. The van der Waals surface area contributed by atoms with Gasteiger partial charge in [-0.25, -0.2) is 4.99 Å². The van der Waals surface area contributed by atoms with Crippen LogP contribution in [0, 0.1) is 0 Å². The highest BCUT2D eigenvalue weighted by atomic mass is 16.5. The van der Waals surface area contributed by atoms with Crippen molar-refractivity contribution in [2.45, 2.75) is 6.92 Å². The van der Waals surface area contributed by atoms with E-state index in [1.807, 2.05) is 30.3 Å². The zero-order valence-electron chi connectivity index (χ0n) is 17.6. The number of anilines is 2. The number of phenols is 1. The molecule has 7 heteroatoms. The fourth-order valence-electron chi connectivity index (χ4n) is 3.38. The molecule has 0 aliphatic carbocycles. The maximum atomic E-state index is 13.4. The number of benzene rings is 3. The summed E-state index contributed by atoms with van der Waals surface area (Å²) in [6, 6.07) is 21.2. The lowest BCUT2D eigenvalue weighted by molar-refractivity contribution is -0.114. The number of ether oxygens (including phenoxy) is 1. The molecule has 1 heterocycles.